The summed E-state index contributed by atoms with van der Waals surface area (Å²) in [4.78, 5) is 28.4. The first-order valence-corrected chi connectivity index (χ1v) is 6.49. The Hall–Kier alpha value is -3.03. The van der Waals surface area contributed by atoms with Crippen molar-refractivity contribution >= 4 is 11.2 Å². The van der Waals surface area contributed by atoms with Crippen molar-refractivity contribution in [3.63, 3.8) is 0 Å². The third kappa shape index (κ3) is 1.96. The molecule has 0 unspecified atom stereocenters. The van der Waals surface area contributed by atoms with Crippen molar-refractivity contribution in [3.8, 4) is 17.5 Å². The van der Waals surface area contributed by atoms with Gasteiger partial charge in [0, 0.05) is 21.1 Å². The number of hydrogen-bond acceptors (Lipinski definition) is 5. The number of aryl methyl sites for hydroxylation is 2. The summed E-state index contributed by atoms with van der Waals surface area (Å²) in [6.45, 7) is 0. The Kier molecular flexibility index (Phi) is 3.01. The lowest BCUT2D eigenvalue weighted by molar-refractivity contribution is 0.424. The first kappa shape index (κ1) is 13.9. The summed E-state index contributed by atoms with van der Waals surface area (Å²) in [5, 5.41) is 9.27. The van der Waals surface area contributed by atoms with Crippen molar-refractivity contribution in [2.24, 2.45) is 21.1 Å². The molecule has 0 aliphatic rings. The fourth-order valence-corrected chi connectivity index (χ4v) is 2.21. The molecule has 0 fully saturated rings. The molecule has 0 saturated carbocycles. The van der Waals surface area contributed by atoms with Crippen molar-refractivity contribution in [3.05, 3.63) is 45.1 Å². The summed E-state index contributed by atoms with van der Waals surface area (Å²) in [6, 6.07) is 6.29. The van der Waals surface area contributed by atoms with Crippen LogP contribution >= 0.6 is 0 Å². The fourth-order valence-electron chi connectivity index (χ4n) is 2.21. The topological polar surface area (TPSA) is 91.3 Å². The molecule has 0 spiro atoms. The molecule has 2 heterocycles. The lowest BCUT2D eigenvalue weighted by Gasteiger charge is -2.05. The van der Waals surface area contributed by atoms with Crippen LogP contribution in [0.15, 0.2) is 33.9 Å². The second-order valence-corrected chi connectivity index (χ2v) is 4.93. The lowest BCUT2D eigenvalue weighted by atomic mass is 10.3. The molecule has 0 radical (unpaired) electrons. The van der Waals surface area contributed by atoms with Gasteiger partial charge in [0.2, 0.25) is 0 Å². The van der Waals surface area contributed by atoms with Crippen molar-refractivity contribution in [2.75, 3.05) is 0 Å². The van der Waals surface area contributed by atoms with Gasteiger partial charge in [-0.2, -0.15) is 4.98 Å². The minimum absolute atomic E-state index is 0.119. The Morgan fingerprint density at radius 2 is 1.64 bits per heavy atom. The van der Waals surface area contributed by atoms with Crippen LogP contribution in [0.25, 0.3) is 11.2 Å². The average molecular weight is 302 g/mol. The Bertz CT molecular complexity index is 979. The second kappa shape index (κ2) is 4.76. The number of phenolic OH excluding ortho intramolecular Hbond substituents is 1. The number of nitrogens with zero attached hydrogens (tertiary/aromatic N) is 4. The summed E-state index contributed by atoms with van der Waals surface area (Å²) in [5.41, 5.74) is -0.358. The number of fused-ring (bicyclic) bond motifs is 1. The zero-order chi connectivity index (χ0) is 16.0. The molecule has 8 heteroatoms. The normalized spacial score (nSPS) is 11.0. The predicted octanol–water partition coefficient (Wildman–Crippen LogP) is 0.469. The van der Waals surface area contributed by atoms with Crippen LogP contribution in [0.1, 0.15) is 0 Å². The van der Waals surface area contributed by atoms with Gasteiger partial charge in [0.05, 0.1) is 0 Å². The molecule has 0 aliphatic carbocycles. The molecule has 1 aromatic carbocycles. The Labute approximate surface area is 124 Å². The summed E-state index contributed by atoms with van der Waals surface area (Å²) in [6.07, 6.45) is 0. The van der Waals surface area contributed by atoms with Gasteiger partial charge in [-0.05, 0) is 24.3 Å². The molecular formula is C14H14N4O4. The molecule has 0 amide bonds. The molecule has 114 valence electrons. The molecule has 0 aliphatic heterocycles. The van der Waals surface area contributed by atoms with Gasteiger partial charge in [0.1, 0.15) is 11.5 Å². The Balaban J connectivity index is 2.20. The predicted molar refractivity (Wildman–Crippen MR) is 79.4 cm³/mol. The first-order chi connectivity index (χ1) is 10.4. The van der Waals surface area contributed by atoms with E-state index in [4.69, 9.17) is 4.74 Å². The van der Waals surface area contributed by atoms with Crippen molar-refractivity contribution in [1.29, 1.82) is 0 Å². The summed E-state index contributed by atoms with van der Waals surface area (Å²) < 4.78 is 9.42. The minimum Gasteiger partial charge on any atom is -0.508 e. The van der Waals surface area contributed by atoms with E-state index in [2.05, 4.69) is 4.98 Å². The molecule has 3 rings (SSSR count). The zero-order valence-corrected chi connectivity index (χ0v) is 12.3. The molecule has 1 N–H and O–H groups in total. The van der Waals surface area contributed by atoms with Crippen LogP contribution in [0.4, 0.5) is 0 Å². The van der Waals surface area contributed by atoms with E-state index in [1.54, 1.807) is 26.2 Å². The number of benzene rings is 1. The largest absolute Gasteiger partial charge is 0.508 e. The van der Waals surface area contributed by atoms with Crippen LogP contribution in [-0.2, 0) is 21.1 Å². The van der Waals surface area contributed by atoms with E-state index >= 15 is 0 Å². The van der Waals surface area contributed by atoms with E-state index in [9.17, 15) is 14.7 Å². The van der Waals surface area contributed by atoms with Gasteiger partial charge < -0.3 is 9.84 Å². The highest BCUT2D eigenvalue weighted by molar-refractivity contribution is 5.71. The van der Waals surface area contributed by atoms with Gasteiger partial charge in [-0.1, -0.05) is 0 Å². The molecule has 8 nitrogen and oxygen atoms in total. The highest BCUT2D eigenvalue weighted by Gasteiger charge is 2.18. The molecule has 0 bridgehead atoms. The van der Waals surface area contributed by atoms with Crippen LogP contribution in [0, 0.1) is 0 Å². The van der Waals surface area contributed by atoms with E-state index in [1.165, 1.54) is 28.3 Å². The molecule has 0 atom stereocenters. The van der Waals surface area contributed by atoms with Crippen molar-refractivity contribution < 1.29 is 9.84 Å². The molecular weight excluding hydrogens is 288 g/mol. The summed E-state index contributed by atoms with van der Waals surface area (Å²) in [7, 11) is 4.59. The third-order valence-electron chi connectivity index (χ3n) is 3.48. The first-order valence-electron chi connectivity index (χ1n) is 6.49. The zero-order valence-electron chi connectivity index (χ0n) is 12.3. The van der Waals surface area contributed by atoms with Crippen LogP contribution in [0.3, 0.4) is 0 Å². The van der Waals surface area contributed by atoms with Crippen molar-refractivity contribution in [2.45, 2.75) is 0 Å². The number of rotatable bonds is 2. The lowest BCUT2D eigenvalue weighted by Crippen LogP contribution is -2.37. The highest BCUT2D eigenvalue weighted by atomic mass is 16.5. The smallest absolute Gasteiger partial charge is 0.332 e. The number of phenols is 1. The third-order valence-corrected chi connectivity index (χ3v) is 3.48. The van der Waals surface area contributed by atoms with Crippen molar-refractivity contribution in [1.82, 2.24) is 18.7 Å². The van der Waals surface area contributed by atoms with Gasteiger partial charge in [-0.3, -0.25) is 18.5 Å². The molecule has 0 saturated heterocycles. The van der Waals surface area contributed by atoms with Crippen LogP contribution in [0.5, 0.6) is 17.5 Å². The van der Waals surface area contributed by atoms with Gasteiger partial charge in [0.15, 0.2) is 11.2 Å². The maximum atomic E-state index is 12.2. The number of ether oxygens (including phenoxy) is 1. The van der Waals surface area contributed by atoms with E-state index in [-0.39, 0.29) is 22.9 Å². The number of aromatic hydroxyl groups is 1. The Morgan fingerprint density at radius 3 is 2.27 bits per heavy atom. The monoisotopic (exact) mass is 302 g/mol. The SMILES string of the molecule is Cn1c(=O)c2c(nc(Oc3ccc(O)cc3)n2C)n(C)c1=O. The minimum atomic E-state index is -0.452. The summed E-state index contributed by atoms with van der Waals surface area (Å²) >= 11 is 0. The number of aromatic nitrogens is 4. The summed E-state index contributed by atoms with van der Waals surface area (Å²) in [5.74, 6) is 0.576. The van der Waals surface area contributed by atoms with E-state index in [0.29, 0.717) is 5.75 Å². The van der Waals surface area contributed by atoms with Gasteiger partial charge in [0.25, 0.3) is 5.56 Å². The second-order valence-electron chi connectivity index (χ2n) is 4.93. The quantitative estimate of drug-likeness (QED) is 0.743. The number of hydrogen-bond donors (Lipinski definition) is 1. The Morgan fingerprint density at radius 1 is 1.00 bits per heavy atom. The fraction of sp³-hybridized carbons (Fsp3) is 0.214. The number of imidazole rings is 1. The van der Waals surface area contributed by atoms with Crippen LogP contribution in [0.2, 0.25) is 0 Å². The van der Waals surface area contributed by atoms with E-state index in [1.807, 2.05) is 0 Å². The molecule has 22 heavy (non-hydrogen) atoms. The van der Waals surface area contributed by atoms with Crippen LogP contribution in [-0.4, -0.2) is 23.8 Å². The molecule has 3 aromatic rings. The van der Waals surface area contributed by atoms with Gasteiger partial charge in [-0.15, -0.1) is 0 Å². The molecule has 2 aromatic heterocycles. The maximum absolute atomic E-state index is 12.2. The maximum Gasteiger partial charge on any atom is 0.332 e. The average Bonchev–Trinajstić information content (AvgIpc) is 2.82. The van der Waals surface area contributed by atoms with Gasteiger partial charge >= 0.3 is 11.7 Å². The standard InChI is InChI=1S/C14H14N4O4/c1-16-10-11(17(2)14(21)18(3)12(10)20)15-13(16)22-9-6-4-8(19)5-7-9/h4-7,19H,1-3H3. The van der Waals surface area contributed by atoms with E-state index < -0.39 is 11.2 Å². The van der Waals surface area contributed by atoms with E-state index in [0.717, 1.165) is 4.57 Å². The van der Waals surface area contributed by atoms with Gasteiger partial charge in [-0.25, -0.2) is 4.79 Å². The van der Waals surface area contributed by atoms with Crippen LogP contribution < -0.4 is 16.0 Å². The highest BCUT2D eigenvalue weighted by Crippen LogP contribution is 2.24.